The summed E-state index contributed by atoms with van der Waals surface area (Å²) in [5.74, 6) is 0.00313. The zero-order valence-corrected chi connectivity index (χ0v) is 11.6. The van der Waals surface area contributed by atoms with Crippen molar-refractivity contribution in [3.8, 4) is 5.75 Å². The number of aromatic hydroxyl groups is 1. The highest BCUT2D eigenvalue weighted by atomic mass is 16.3. The van der Waals surface area contributed by atoms with Gasteiger partial charge >= 0.3 is 0 Å². The molecule has 0 aliphatic heterocycles. The van der Waals surface area contributed by atoms with Crippen molar-refractivity contribution in [1.29, 1.82) is 0 Å². The van der Waals surface area contributed by atoms with Crippen molar-refractivity contribution < 1.29 is 9.90 Å². The summed E-state index contributed by atoms with van der Waals surface area (Å²) in [7, 11) is 0. The molecule has 5 heteroatoms. The van der Waals surface area contributed by atoms with E-state index in [0.717, 1.165) is 43.5 Å². The summed E-state index contributed by atoms with van der Waals surface area (Å²) in [5.41, 5.74) is 12.5. The molecule has 0 fully saturated rings. The minimum Gasteiger partial charge on any atom is -0.508 e. The molecular formula is C15H23N3O2. The second-order valence-electron chi connectivity index (χ2n) is 4.68. The summed E-state index contributed by atoms with van der Waals surface area (Å²) < 4.78 is 0. The van der Waals surface area contributed by atoms with Crippen molar-refractivity contribution >= 4 is 11.6 Å². The average Bonchev–Trinajstić information content (AvgIpc) is 2.43. The Balaban J connectivity index is 2.22. The fraction of sp³-hybridized carbons (Fsp3) is 0.400. The highest BCUT2D eigenvalue weighted by molar-refractivity contribution is 5.73. The van der Waals surface area contributed by atoms with Crippen LogP contribution in [0.25, 0.3) is 5.70 Å². The summed E-state index contributed by atoms with van der Waals surface area (Å²) in [4.78, 5) is 10.6. The van der Waals surface area contributed by atoms with Crippen molar-refractivity contribution in [2.75, 3.05) is 6.54 Å². The predicted octanol–water partition coefficient (Wildman–Crippen LogP) is 1.67. The lowest BCUT2D eigenvalue weighted by Gasteiger charge is -2.10. The lowest BCUT2D eigenvalue weighted by atomic mass is 10.1. The second kappa shape index (κ2) is 8.85. The van der Waals surface area contributed by atoms with E-state index in [9.17, 15) is 9.90 Å². The summed E-state index contributed by atoms with van der Waals surface area (Å²) in [6.45, 7) is 0.820. The SMILES string of the molecule is N/C=C(\NCCCCCCC(N)=O)c1ccc(O)cc1. The van der Waals surface area contributed by atoms with Gasteiger partial charge in [0.2, 0.25) is 5.91 Å². The number of carbonyl (C=O) groups is 1. The van der Waals surface area contributed by atoms with Gasteiger partial charge in [0.15, 0.2) is 0 Å². The van der Waals surface area contributed by atoms with Crippen molar-refractivity contribution in [2.45, 2.75) is 32.1 Å². The standard InChI is InChI=1S/C15H23N3O2/c16-11-14(12-6-8-13(19)9-7-12)18-10-4-2-1-3-5-15(17)20/h6-9,11,18-19H,1-5,10,16H2,(H2,17,20)/b14-11-. The Labute approximate surface area is 119 Å². The molecule has 0 unspecified atom stereocenters. The zero-order valence-electron chi connectivity index (χ0n) is 11.6. The van der Waals surface area contributed by atoms with Gasteiger partial charge in [-0.2, -0.15) is 0 Å². The third-order valence-corrected chi connectivity index (χ3v) is 3.01. The van der Waals surface area contributed by atoms with Crippen LogP contribution < -0.4 is 16.8 Å². The third kappa shape index (κ3) is 6.13. The number of benzene rings is 1. The molecule has 0 aliphatic rings. The second-order valence-corrected chi connectivity index (χ2v) is 4.68. The normalized spacial score (nSPS) is 11.3. The van der Waals surface area contributed by atoms with Gasteiger partial charge in [0, 0.05) is 19.2 Å². The molecule has 0 atom stereocenters. The molecule has 1 amide bonds. The first-order valence-corrected chi connectivity index (χ1v) is 6.87. The van der Waals surface area contributed by atoms with E-state index in [4.69, 9.17) is 11.5 Å². The van der Waals surface area contributed by atoms with Crippen LogP contribution in [0.4, 0.5) is 0 Å². The molecule has 0 spiro atoms. The van der Waals surface area contributed by atoms with E-state index in [0.29, 0.717) is 6.42 Å². The van der Waals surface area contributed by atoms with Crippen molar-refractivity contribution in [3.05, 3.63) is 36.0 Å². The molecule has 0 heterocycles. The Morgan fingerprint density at radius 3 is 2.40 bits per heavy atom. The fourth-order valence-electron chi connectivity index (χ4n) is 1.90. The highest BCUT2D eigenvalue weighted by Gasteiger charge is 2.00. The van der Waals surface area contributed by atoms with Crippen LogP contribution >= 0.6 is 0 Å². The smallest absolute Gasteiger partial charge is 0.217 e. The van der Waals surface area contributed by atoms with E-state index in [-0.39, 0.29) is 11.7 Å². The molecule has 0 bridgehead atoms. The van der Waals surface area contributed by atoms with Crippen LogP contribution in [0.15, 0.2) is 30.5 Å². The average molecular weight is 277 g/mol. The van der Waals surface area contributed by atoms with Crippen LogP contribution in [0.2, 0.25) is 0 Å². The molecule has 5 nitrogen and oxygen atoms in total. The number of nitrogens with two attached hydrogens (primary N) is 2. The zero-order chi connectivity index (χ0) is 14.8. The van der Waals surface area contributed by atoms with Gasteiger partial charge < -0.3 is 21.9 Å². The van der Waals surface area contributed by atoms with Crippen LogP contribution in [-0.2, 0) is 4.79 Å². The minimum absolute atomic E-state index is 0.233. The first-order valence-electron chi connectivity index (χ1n) is 6.87. The lowest BCUT2D eigenvalue weighted by molar-refractivity contribution is -0.118. The minimum atomic E-state index is -0.233. The van der Waals surface area contributed by atoms with E-state index in [1.807, 2.05) is 12.1 Å². The molecule has 1 aromatic carbocycles. The largest absolute Gasteiger partial charge is 0.508 e. The molecule has 0 aliphatic carbocycles. The van der Waals surface area contributed by atoms with E-state index >= 15 is 0 Å². The molecule has 6 N–H and O–H groups in total. The van der Waals surface area contributed by atoms with E-state index < -0.39 is 0 Å². The van der Waals surface area contributed by atoms with Gasteiger partial charge in [-0.25, -0.2) is 0 Å². The van der Waals surface area contributed by atoms with E-state index in [1.54, 1.807) is 12.1 Å². The van der Waals surface area contributed by atoms with Gasteiger partial charge in [0.05, 0.1) is 5.70 Å². The van der Waals surface area contributed by atoms with Gasteiger partial charge in [-0.15, -0.1) is 0 Å². The van der Waals surface area contributed by atoms with Gasteiger partial charge in [-0.1, -0.05) is 12.8 Å². The topological polar surface area (TPSA) is 101 Å². The Hall–Kier alpha value is -2.17. The molecular weight excluding hydrogens is 254 g/mol. The molecule has 1 rings (SSSR count). The van der Waals surface area contributed by atoms with E-state index in [2.05, 4.69) is 5.32 Å². The van der Waals surface area contributed by atoms with Crippen LogP contribution in [0, 0.1) is 0 Å². The molecule has 20 heavy (non-hydrogen) atoms. The maximum Gasteiger partial charge on any atom is 0.217 e. The molecule has 0 radical (unpaired) electrons. The number of primary amides is 1. The quantitative estimate of drug-likeness (QED) is 0.516. The van der Waals surface area contributed by atoms with Gasteiger partial charge in [-0.3, -0.25) is 4.79 Å². The van der Waals surface area contributed by atoms with Crippen molar-refractivity contribution in [2.24, 2.45) is 11.5 Å². The number of unbranched alkanes of at least 4 members (excludes halogenated alkanes) is 3. The first kappa shape index (κ1) is 15.9. The monoisotopic (exact) mass is 277 g/mol. The number of nitrogens with one attached hydrogen (secondary N) is 1. The van der Waals surface area contributed by atoms with Crippen LogP contribution in [-0.4, -0.2) is 17.6 Å². The maximum absolute atomic E-state index is 10.6. The highest BCUT2D eigenvalue weighted by Crippen LogP contribution is 2.15. The summed E-state index contributed by atoms with van der Waals surface area (Å²) in [5, 5.41) is 12.5. The maximum atomic E-state index is 10.6. The summed E-state index contributed by atoms with van der Waals surface area (Å²) >= 11 is 0. The van der Waals surface area contributed by atoms with Crippen LogP contribution in [0.3, 0.4) is 0 Å². The number of amides is 1. The molecule has 0 saturated heterocycles. The van der Waals surface area contributed by atoms with Gasteiger partial charge in [0.1, 0.15) is 5.75 Å². The predicted molar refractivity (Wildman–Crippen MR) is 80.6 cm³/mol. The molecule has 1 aromatic rings. The summed E-state index contributed by atoms with van der Waals surface area (Å²) in [6.07, 6.45) is 5.91. The Morgan fingerprint density at radius 1 is 1.15 bits per heavy atom. The number of hydrogen-bond donors (Lipinski definition) is 4. The fourth-order valence-corrected chi connectivity index (χ4v) is 1.90. The number of rotatable bonds is 9. The Kier molecular flexibility index (Phi) is 7.03. The lowest BCUT2D eigenvalue weighted by Crippen LogP contribution is -2.15. The Bertz CT molecular complexity index is 441. The molecule has 0 saturated carbocycles. The molecule has 110 valence electrons. The van der Waals surface area contributed by atoms with Gasteiger partial charge in [0.25, 0.3) is 0 Å². The van der Waals surface area contributed by atoms with Crippen molar-refractivity contribution in [3.63, 3.8) is 0 Å². The van der Waals surface area contributed by atoms with Crippen LogP contribution in [0.5, 0.6) is 5.75 Å². The first-order chi connectivity index (χ1) is 9.63. The third-order valence-electron chi connectivity index (χ3n) is 3.01. The van der Waals surface area contributed by atoms with Crippen LogP contribution in [0.1, 0.15) is 37.7 Å². The number of hydrogen-bond acceptors (Lipinski definition) is 4. The molecule has 0 aromatic heterocycles. The Morgan fingerprint density at radius 2 is 1.80 bits per heavy atom. The van der Waals surface area contributed by atoms with E-state index in [1.165, 1.54) is 6.20 Å². The number of phenolic OH excluding ortho intramolecular Hbond substituents is 1. The number of carbonyl (C=O) groups excluding carboxylic acids is 1. The van der Waals surface area contributed by atoms with Gasteiger partial charge in [-0.05, 0) is 42.7 Å². The summed E-state index contributed by atoms with van der Waals surface area (Å²) in [6, 6.07) is 6.89. The van der Waals surface area contributed by atoms with Crippen molar-refractivity contribution in [1.82, 2.24) is 5.32 Å². The number of phenols is 1.